The summed E-state index contributed by atoms with van der Waals surface area (Å²) in [7, 11) is 0. The Morgan fingerprint density at radius 2 is 1.93 bits per heavy atom. The second-order valence-corrected chi connectivity index (χ2v) is 6.72. The van der Waals surface area contributed by atoms with Crippen LogP contribution in [0.2, 0.25) is 0 Å². The largest absolute Gasteiger partial charge is 0.508 e. The first-order chi connectivity index (χ1) is 14.0. The van der Waals surface area contributed by atoms with Gasteiger partial charge < -0.3 is 14.6 Å². The molecule has 0 spiro atoms. The van der Waals surface area contributed by atoms with Crippen molar-refractivity contribution in [1.29, 1.82) is 0 Å². The van der Waals surface area contributed by atoms with E-state index in [0.29, 0.717) is 21.8 Å². The second-order valence-electron chi connectivity index (χ2n) is 5.89. The minimum atomic E-state index is -0.801. The van der Waals surface area contributed by atoms with E-state index in [0.717, 1.165) is 12.1 Å². The Morgan fingerprint density at radius 1 is 1.07 bits per heavy atom. The fourth-order valence-electron chi connectivity index (χ4n) is 2.52. The van der Waals surface area contributed by atoms with Gasteiger partial charge in [-0.1, -0.05) is 0 Å². The van der Waals surface area contributed by atoms with Crippen molar-refractivity contribution < 1.29 is 23.4 Å². The van der Waals surface area contributed by atoms with Gasteiger partial charge in [0.1, 0.15) is 28.7 Å². The lowest BCUT2D eigenvalue weighted by atomic mass is 10.2. The summed E-state index contributed by atoms with van der Waals surface area (Å²) in [6.45, 7) is 0. The van der Waals surface area contributed by atoms with Gasteiger partial charge in [-0.05, 0) is 36.4 Å². The predicted molar refractivity (Wildman–Crippen MR) is 104 cm³/mol. The molecule has 146 valence electrons. The van der Waals surface area contributed by atoms with Gasteiger partial charge in [0.2, 0.25) is 4.80 Å². The van der Waals surface area contributed by atoms with Crippen molar-refractivity contribution >= 4 is 23.2 Å². The first kappa shape index (κ1) is 18.6. The molecule has 0 fully saturated rings. The standard InChI is InChI=1S/C20H13F2N3O3S/c21-13-4-6-16(15(22)8-13)24-20-25(17(11-29-20)19-2-1-7-28-19)23-10-12-3-5-14(26)9-18(12)27/h1-11,26-27H/b23-10+,24-20-. The molecule has 2 heterocycles. The van der Waals surface area contributed by atoms with Crippen molar-refractivity contribution in [2.24, 2.45) is 10.1 Å². The number of furan rings is 1. The van der Waals surface area contributed by atoms with Crippen molar-refractivity contribution in [1.82, 2.24) is 4.68 Å². The third kappa shape index (κ3) is 3.94. The number of halogens is 2. The van der Waals surface area contributed by atoms with E-state index in [1.165, 1.54) is 52.8 Å². The highest BCUT2D eigenvalue weighted by Crippen LogP contribution is 2.24. The predicted octanol–water partition coefficient (Wildman–Crippen LogP) is 4.61. The number of aromatic hydroxyl groups is 2. The highest BCUT2D eigenvalue weighted by atomic mass is 32.1. The highest BCUT2D eigenvalue weighted by Gasteiger charge is 2.11. The minimum absolute atomic E-state index is 0.0457. The number of aromatic nitrogens is 1. The van der Waals surface area contributed by atoms with Crippen molar-refractivity contribution in [2.45, 2.75) is 0 Å². The van der Waals surface area contributed by atoms with E-state index in [1.807, 2.05) is 0 Å². The molecule has 2 aromatic carbocycles. The molecule has 4 aromatic rings. The number of phenolic OH excluding ortho intramolecular Hbond substituents is 2. The Morgan fingerprint density at radius 3 is 2.66 bits per heavy atom. The van der Waals surface area contributed by atoms with Crippen LogP contribution in [0.25, 0.3) is 11.5 Å². The van der Waals surface area contributed by atoms with Gasteiger partial charge >= 0.3 is 0 Å². The number of phenols is 2. The Labute approximate surface area is 167 Å². The van der Waals surface area contributed by atoms with Crippen molar-refractivity contribution in [3.8, 4) is 23.0 Å². The van der Waals surface area contributed by atoms with Crippen LogP contribution in [0.5, 0.6) is 11.5 Å². The first-order valence-electron chi connectivity index (χ1n) is 8.32. The van der Waals surface area contributed by atoms with Crippen molar-refractivity contribution in [3.63, 3.8) is 0 Å². The molecule has 0 unspecified atom stereocenters. The van der Waals surface area contributed by atoms with Gasteiger partial charge in [0.05, 0.1) is 12.5 Å². The summed E-state index contributed by atoms with van der Waals surface area (Å²) < 4.78 is 34.0. The molecular formula is C20H13F2N3O3S. The molecule has 2 aromatic heterocycles. The Kier molecular flexibility index (Phi) is 4.96. The van der Waals surface area contributed by atoms with Crippen LogP contribution in [-0.4, -0.2) is 21.1 Å². The van der Waals surface area contributed by atoms with Gasteiger partial charge in [-0.3, -0.25) is 0 Å². The number of hydrogen-bond acceptors (Lipinski definition) is 6. The van der Waals surface area contributed by atoms with E-state index in [9.17, 15) is 19.0 Å². The summed E-state index contributed by atoms with van der Waals surface area (Å²) in [5.41, 5.74) is 0.859. The normalized spacial score (nSPS) is 12.1. The maximum atomic E-state index is 14.0. The molecule has 0 radical (unpaired) electrons. The number of hydrogen-bond donors (Lipinski definition) is 2. The molecule has 0 aliphatic carbocycles. The van der Waals surface area contributed by atoms with Crippen molar-refractivity contribution in [3.05, 3.63) is 82.2 Å². The van der Waals surface area contributed by atoms with Crippen LogP contribution in [0.4, 0.5) is 14.5 Å². The third-order valence-electron chi connectivity index (χ3n) is 3.91. The fourth-order valence-corrected chi connectivity index (χ4v) is 3.35. The van der Waals surface area contributed by atoms with Crippen LogP contribution in [0, 0.1) is 11.6 Å². The Balaban J connectivity index is 1.85. The molecule has 0 saturated heterocycles. The molecule has 2 N–H and O–H groups in total. The van der Waals surface area contributed by atoms with Crippen LogP contribution in [-0.2, 0) is 0 Å². The maximum absolute atomic E-state index is 14.0. The third-order valence-corrected chi connectivity index (χ3v) is 4.73. The van der Waals surface area contributed by atoms with Crippen LogP contribution < -0.4 is 4.80 Å². The number of nitrogens with zero attached hydrogens (tertiary/aromatic N) is 3. The van der Waals surface area contributed by atoms with Gasteiger partial charge in [0.25, 0.3) is 0 Å². The molecule has 0 aliphatic rings. The molecule has 0 saturated carbocycles. The monoisotopic (exact) mass is 413 g/mol. The molecule has 0 amide bonds. The quantitative estimate of drug-likeness (QED) is 0.479. The lowest BCUT2D eigenvalue weighted by Crippen LogP contribution is -2.11. The average Bonchev–Trinajstić information content (AvgIpc) is 3.33. The van der Waals surface area contributed by atoms with Gasteiger partial charge in [-0.25, -0.2) is 18.4 Å². The topological polar surface area (TPSA) is 83.2 Å². The highest BCUT2D eigenvalue weighted by molar-refractivity contribution is 7.07. The fraction of sp³-hybridized carbons (Fsp3) is 0. The summed E-state index contributed by atoms with van der Waals surface area (Å²) in [5.74, 6) is -1.23. The zero-order chi connectivity index (χ0) is 20.4. The van der Waals surface area contributed by atoms with Gasteiger partial charge in [-0.15, -0.1) is 11.3 Å². The molecule has 6 nitrogen and oxygen atoms in total. The molecule has 29 heavy (non-hydrogen) atoms. The van der Waals surface area contributed by atoms with Crippen LogP contribution in [0.3, 0.4) is 0 Å². The second kappa shape index (κ2) is 7.72. The zero-order valence-corrected chi connectivity index (χ0v) is 15.5. The van der Waals surface area contributed by atoms with Gasteiger partial charge in [-0.2, -0.15) is 5.10 Å². The molecule has 0 atom stereocenters. The molecule has 9 heteroatoms. The van der Waals surface area contributed by atoms with E-state index in [4.69, 9.17) is 4.42 Å². The summed E-state index contributed by atoms with van der Waals surface area (Å²) >= 11 is 1.18. The lowest BCUT2D eigenvalue weighted by Gasteiger charge is -2.02. The van der Waals surface area contributed by atoms with E-state index in [1.54, 1.807) is 17.5 Å². The summed E-state index contributed by atoms with van der Waals surface area (Å²) in [4.78, 5) is 4.55. The molecule has 0 bridgehead atoms. The first-order valence-corrected chi connectivity index (χ1v) is 9.20. The summed E-state index contributed by atoms with van der Waals surface area (Å²) in [6.07, 6.45) is 2.87. The van der Waals surface area contributed by atoms with Gasteiger partial charge in [0, 0.05) is 23.1 Å². The Hall–Kier alpha value is -3.72. The van der Waals surface area contributed by atoms with E-state index in [2.05, 4.69) is 10.1 Å². The molecule has 4 rings (SSSR count). The molecular weight excluding hydrogens is 400 g/mol. The van der Waals surface area contributed by atoms with E-state index >= 15 is 0 Å². The maximum Gasteiger partial charge on any atom is 0.211 e. The Bertz CT molecular complexity index is 1260. The van der Waals surface area contributed by atoms with Crippen LogP contribution >= 0.6 is 11.3 Å². The SMILES string of the molecule is Oc1ccc(/C=N/n2c(-c3ccco3)cs/c2=N\c2ccc(F)cc2F)c(O)c1. The number of thiazole rings is 1. The molecule has 0 aliphatic heterocycles. The van der Waals surface area contributed by atoms with E-state index in [-0.39, 0.29) is 17.2 Å². The van der Waals surface area contributed by atoms with Crippen LogP contribution in [0.1, 0.15) is 5.56 Å². The smallest absolute Gasteiger partial charge is 0.211 e. The zero-order valence-electron chi connectivity index (χ0n) is 14.7. The number of benzene rings is 2. The number of rotatable bonds is 4. The van der Waals surface area contributed by atoms with Crippen molar-refractivity contribution in [2.75, 3.05) is 0 Å². The minimum Gasteiger partial charge on any atom is -0.508 e. The lowest BCUT2D eigenvalue weighted by molar-refractivity contribution is 0.450. The average molecular weight is 413 g/mol. The summed E-state index contributed by atoms with van der Waals surface area (Å²) in [5, 5.41) is 25.4. The summed E-state index contributed by atoms with van der Waals surface area (Å²) in [6, 6.07) is 10.6. The van der Waals surface area contributed by atoms with Gasteiger partial charge in [0.15, 0.2) is 11.6 Å². The van der Waals surface area contributed by atoms with E-state index < -0.39 is 11.6 Å². The van der Waals surface area contributed by atoms with Crippen LogP contribution in [0.15, 0.2) is 74.7 Å².